The molecular formula is C18H20O4. The van der Waals surface area contributed by atoms with Gasteiger partial charge in [-0.2, -0.15) is 0 Å². The fraction of sp³-hybridized carbons (Fsp3) is 0.278. The third-order valence-electron chi connectivity index (χ3n) is 3.47. The summed E-state index contributed by atoms with van der Waals surface area (Å²) < 4.78 is 10.6. The lowest BCUT2D eigenvalue weighted by Crippen LogP contribution is -2.29. The van der Waals surface area contributed by atoms with E-state index >= 15 is 0 Å². The smallest absolute Gasteiger partial charge is 0.345 e. The Kier molecular flexibility index (Phi) is 5.42. The summed E-state index contributed by atoms with van der Waals surface area (Å²) in [6.07, 6.45) is 0.372. The summed E-state index contributed by atoms with van der Waals surface area (Å²) >= 11 is 0. The van der Waals surface area contributed by atoms with Gasteiger partial charge in [0.05, 0.1) is 7.11 Å². The Balaban J connectivity index is 2.06. The molecule has 0 radical (unpaired) electrons. The molecule has 0 bridgehead atoms. The Hall–Kier alpha value is -2.49. The largest absolute Gasteiger partial charge is 0.497 e. The zero-order chi connectivity index (χ0) is 15.9. The molecule has 2 aromatic carbocycles. The van der Waals surface area contributed by atoms with Gasteiger partial charge in [-0.3, -0.25) is 0 Å². The number of carboxylic acid groups (broad SMARTS) is 1. The van der Waals surface area contributed by atoms with Gasteiger partial charge in [0.25, 0.3) is 0 Å². The topological polar surface area (TPSA) is 55.8 Å². The van der Waals surface area contributed by atoms with Crippen molar-refractivity contribution in [1.82, 2.24) is 0 Å². The fourth-order valence-electron chi connectivity index (χ4n) is 2.12. The number of aliphatic carboxylic acids is 1. The van der Waals surface area contributed by atoms with Gasteiger partial charge in [-0.25, -0.2) is 4.79 Å². The van der Waals surface area contributed by atoms with Gasteiger partial charge in [0.1, 0.15) is 11.5 Å². The summed E-state index contributed by atoms with van der Waals surface area (Å²) in [5.74, 6) is 0.239. The molecule has 22 heavy (non-hydrogen) atoms. The van der Waals surface area contributed by atoms with Crippen LogP contribution in [0.5, 0.6) is 11.5 Å². The monoisotopic (exact) mass is 300 g/mol. The molecule has 116 valence electrons. The Bertz CT molecular complexity index is 552. The molecule has 0 unspecified atom stereocenters. The van der Waals surface area contributed by atoms with Crippen molar-refractivity contribution < 1.29 is 19.4 Å². The number of carbonyl (C=O) groups is 1. The van der Waals surface area contributed by atoms with Gasteiger partial charge in [0, 0.05) is 6.42 Å². The molecule has 0 heterocycles. The molecule has 1 atom stereocenters. The van der Waals surface area contributed by atoms with Crippen molar-refractivity contribution in [3.05, 3.63) is 59.7 Å². The van der Waals surface area contributed by atoms with E-state index in [0.717, 1.165) is 12.0 Å². The Morgan fingerprint density at radius 3 is 2.05 bits per heavy atom. The summed E-state index contributed by atoms with van der Waals surface area (Å²) in [4.78, 5) is 11.4. The lowest BCUT2D eigenvalue weighted by Gasteiger charge is -2.15. The maximum absolute atomic E-state index is 11.4. The van der Waals surface area contributed by atoms with E-state index in [4.69, 9.17) is 9.47 Å². The first kappa shape index (κ1) is 15.9. The van der Waals surface area contributed by atoms with Crippen LogP contribution in [0.1, 0.15) is 18.1 Å². The van der Waals surface area contributed by atoms with E-state index in [0.29, 0.717) is 17.9 Å². The van der Waals surface area contributed by atoms with Gasteiger partial charge in [0.2, 0.25) is 0 Å². The molecule has 4 nitrogen and oxygen atoms in total. The highest BCUT2D eigenvalue weighted by atomic mass is 16.5. The highest BCUT2D eigenvalue weighted by Crippen LogP contribution is 2.19. The zero-order valence-corrected chi connectivity index (χ0v) is 12.8. The molecule has 0 aliphatic carbocycles. The zero-order valence-electron chi connectivity index (χ0n) is 12.8. The fourth-order valence-corrected chi connectivity index (χ4v) is 2.12. The summed E-state index contributed by atoms with van der Waals surface area (Å²) in [5.41, 5.74) is 2.17. The minimum absolute atomic E-state index is 0.325. The standard InChI is InChI=1S/C18H20O4/c1-3-13-4-6-14(7-5-13)12-17(18(19)20)22-16-10-8-15(21-2)9-11-16/h4-11,17H,3,12H2,1-2H3,(H,19,20)/t17-/m1/s1. The second kappa shape index (κ2) is 7.50. The quantitative estimate of drug-likeness (QED) is 0.852. The normalized spacial score (nSPS) is 11.7. The van der Waals surface area contributed by atoms with Gasteiger partial charge in [-0.15, -0.1) is 0 Å². The van der Waals surface area contributed by atoms with Crippen molar-refractivity contribution in [3.63, 3.8) is 0 Å². The Morgan fingerprint density at radius 2 is 1.55 bits per heavy atom. The number of rotatable bonds is 7. The predicted octanol–water partition coefficient (Wildman–Crippen LogP) is 3.33. The van der Waals surface area contributed by atoms with Gasteiger partial charge >= 0.3 is 5.97 Å². The minimum Gasteiger partial charge on any atom is -0.497 e. The Morgan fingerprint density at radius 1 is 1.00 bits per heavy atom. The molecule has 0 aliphatic heterocycles. The second-order valence-corrected chi connectivity index (χ2v) is 4.99. The van der Waals surface area contributed by atoms with Gasteiger partial charge in [0.15, 0.2) is 6.10 Å². The number of methoxy groups -OCH3 is 1. The van der Waals surface area contributed by atoms with Crippen LogP contribution in [0.15, 0.2) is 48.5 Å². The number of hydrogen-bond acceptors (Lipinski definition) is 3. The summed E-state index contributed by atoms with van der Waals surface area (Å²) in [5, 5.41) is 9.35. The van der Waals surface area contributed by atoms with E-state index in [1.54, 1.807) is 31.4 Å². The van der Waals surface area contributed by atoms with E-state index in [-0.39, 0.29) is 0 Å². The van der Waals surface area contributed by atoms with Crippen molar-refractivity contribution in [2.75, 3.05) is 7.11 Å². The molecular weight excluding hydrogens is 280 g/mol. The van der Waals surface area contributed by atoms with Crippen molar-refractivity contribution in [1.29, 1.82) is 0 Å². The Labute approximate surface area is 130 Å². The highest BCUT2D eigenvalue weighted by molar-refractivity contribution is 5.73. The number of carboxylic acids is 1. The maximum Gasteiger partial charge on any atom is 0.345 e. The molecule has 4 heteroatoms. The molecule has 0 spiro atoms. The average Bonchev–Trinajstić information content (AvgIpc) is 2.55. The second-order valence-electron chi connectivity index (χ2n) is 4.99. The van der Waals surface area contributed by atoms with Crippen LogP contribution < -0.4 is 9.47 Å². The van der Waals surface area contributed by atoms with Crippen LogP contribution in [0, 0.1) is 0 Å². The number of benzene rings is 2. The molecule has 0 aliphatic rings. The van der Waals surface area contributed by atoms with Crippen molar-refractivity contribution in [2.24, 2.45) is 0 Å². The lowest BCUT2D eigenvalue weighted by atomic mass is 10.0. The molecule has 0 saturated heterocycles. The first-order chi connectivity index (χ1) is 10.6. The van der Waals surface area contributed by atoms with E-state index in [9.17, 15) is 9.90 Å². The first-order valence-electron chi connectivity index (χ1n) is 7.23. The summed E-state index contributed by atoms with van der Waals surface area (Å²) in [6.45, 7) is 2.09. The van der Waals surface area contributed by atoms with Gasteiger partial charge in [-0.05, 0) is 41.8 Å². The van der Waals surface area contributed by atoms with E-state index in [1.165, 1.54) is 5.56 Å². The molecule has 0 aromatic heterocycles. The van der Waals surface area contributed by atoms with Crippen molar-refractivity contribution in [3.8, 4) is 11.5 Å². The van der Waals surface area contributed by atoms with Crippen LogP contribution in [-0.2, 0) is 17.6 Å². The van der Waals surface area contributed by atoms with Crippen molar-refractivity contribution >= 4 is 5.97 Å². The highest BCUT2D eigenvalue weighted by Gasteiger charge is 2.20. The summed E-state index contributed by atoms with van der Waals surface area (Å²) in [7, 11) is 1.58. The summed E-state index contributed by atoms with van der Waals surface area (Å²) in [6, 6.07) is 14.8. The van der Waals surface area contributed by atoms with Crippen LogP contribution in [0.25, 0.3) is 0 Å². The van der Waals surface area contributed by atoms with Gasteiger partial charge in [-0.1, -0.05) is 31.2 Å². The lowest BCUT2D eigenvalue weighted by molar-refractivity contribution is -0.145. The predicted molar refractivity (Wildman–Crippen MR) is 84.6 cm³/mol. The SMILES string of the molecule is CCc1ccc(C[C@@H](Oc2ccc(OC)cc2)C(=O)O)cc1. The minimum atomic E-state index is -0.976. The van der Waals surface area contributed by atoms with Crippen LogP contribution in [0.4, 0.5) is 0 Å². The van der Waals surface area contributed by atoms with Crippen LogP contribution in [-0.4, -0.2) is 24.3 Å². The van der Waals surface area contributed by atoms with Crippen LogP contribution in [0.3, 0.4) is 0 Å². The molecule has 0 fully saturated rings. The number of hydrogen-bond donors (Lipinski definition) is 1. The van der Waals surface area contributed by atoms with E-state index in [1.807, 2.05) is 24.3 Å². The molecule has 1 N–H and O–H groups in total. The maximum atomic E-state index is 11.4. The van der Waals surface area contributed by atoms with Gasteiger partial charge < -0.3 is 14.6 Å². The number of aryl methyl sites for hydroxylation is 1. The first-order valence-corrected chi connectivity index (χ1v) is 7.23. The third kappa shape index (κ3) is 4.25. The van der Waals surface area contributed by atoms with Crippen molar-refractivity contribution in [2.45, 2.75) is 25.9 Å². The molecule has 0 amide bonds. The van der Waals surface area contributed by atoms with Crippen LogP contribution >= 0.6 is 0 Å². The molecule has 2 rings (SSSR count). The molecule has 2 aromatic rings. The molecule has 0 saturated carbocycles. The average molecular weight is 300 g/mol. The van der Waals surface area contributed by atoms with E-state index in [2.05, 4.69) is 6.92 Å². The third-order valence-corrected chi connectivity index (χ3v) is 3.47. The number of ether oxygens (including phenoxy) is 2. The van der Waals surface area contributed by atoms with E-state index < -0.39 is 12.1 Å². The van der Waals surface area contributed by atoms with Crippen LogP contribution in [0.2, 0.25) is 0 Å².